The maximum Gasteiger partial charge on any atom is 0.408 e. The summed E-state index contributed by atoms with van der Waals surface area (Å²) < 4.78 is 22.6. The number of amides is 1. The summed E-state index contributed by atoms with van der Waals surface area (Å²) in [6.45, 7) is 13.8. The summed E-state index contributed by atoms with van der Waals surface area (Å²) >= 11 is 1.70. The minimum Gasteiger partial charge on any atom is -0.444 e. The van der Waals surface area contributed by atoms with Crippen molar-refractivity contribution in [3.05, 3.63) is 0 Å². The van der Waals surface area contributed by atoms with E-state index in [-0.39, 0.29) is 16.4 Å². The van der Waals surface area contributed by atoms with Crippen molar-refractivity contribution in [1.29, 1.82) is 0 Å². The zero-order chi connectivity index (χ0) is 21.6. The molecule has 6 nitrogen and oxygen atoms in total. The van der Waals surface area contributed by atoms with Gasteiger partial charge in [0.05, 0.1) is 24.7 Å². The van der Waals surface area contributed by atoms with Crippen LogP contribution < -0.4 is 5.32 Å². The first-order valence-corrected chi connectivity index (χ1v) is 11.4. The average Bonchev–Trinajstić information content (AvgIpc) is 2.59. The Morgan fingerprint density at radius 1 is 1.03 bits per heavy atom. The van der Waals surface area contributed by atoms with Crippen LogP contribution in [0.3, 0.4) is 0 Å². The number of unbranched alkanes of at least 4 members (excludes halogenated alkanes) is 2. The van der Waals surface area contributed by atoms with Gasteiger partial charge in [0.15, 0.2) is 0 Å². The van der Waals surface area contributed by atoms with Crippen molar-refractivity contribution in [3.8, 4) is 11.8 Å². The zero-order valence-electron chi connectivity index (χ0n) is 18.8. The molecular weight excluding hydrogens is 390 g/mol. The molecule has 3 heterocycles. The lowest BCUT2D eigenvalue weighted by atomic mass is 9.91. The minimum absolute atomic E-state index is 0.0105. The average molecular weight is 428 g/mol. The van der Waals surface area contributed by atoms with Crippen LogP contribution in [0.15, 0.2) is 0 Å². The lowest BCUT2D eigenvalue weighted by Gasteiger charge is -2.50. The standard InChI is InChI=1S/C22H37NO5S/c1-19(2,3)28-18(24)23-20(4,5)29-14-12-10-8-7-9-11-13-22-25-15-21(6,16-26-22)17-27-22/h9-17H2,1-6H3,(H,23,24). The van der Waals surface area contributed by atoms with E-state index in [2.05, 4.69) is 24.1 Å². The number of fused-ring (bicyclic) bond motifs is 3. The molecule has 3 saturated heterocycles. The quantitative estimate of drug-likeness (QED) is 0.345. The van der Waals surface area contributed by atoms with Gasteiger partial charge < -0.3 is 24.3 Å². The van der Waals surface area contributed by atoms with E-state index in [1.807, 2.05) is 34.6 Å². The van der Waals surface area contributed by atoms with Crippen LogP contribution >= 0.6 is 11.8 Å². The molecule has 0 radical (unpaired) electrons. The van der Waals surface area contributed by atoms with E-state index in [0.29, 0.717) is 19.8 Å². The third kappa shape index (κ3) is 8.75. The molecule has 0 aromatic heterocycles. The summed E-state index contributed by atoms with van der Waals surface area (Å²) in [6.07, 6.45) is 3.88. The van der Waals surface area contributed by atoms with Crippen LogP contribution in [0.2, 0.25) is 0 Å². The molecule has 0 saturated carbocycles. The molecule has 0 aromatic rings. The highest BCUT2D eigenvalue weighted by Gasteiger charge is 2.49. The number of thioether (sulfide) groups is 1. The van der Waals surface area contributed by atoms with Crippen molar-refractivity contribution in [1.82, 2.24) is 5.32 Å². The van der Waals surface area contributed by atoms with Gasteiger partial charge in [0.1, 0.15) is 5.60 Å². The fourth-order valence-corrected chi connectivity index (χ4v) is 3.92. The lowest BCUT2D eigenvalue weighted by molar-refractivity contribution is -0.467. The number of ether oxygens (including phenoxy) is 4. The van der Waals surface area contributed by atoms with E-state index in [0.717, 1.165) is 37.9 Å². The second kappa shape index (κ2) is 9.91. The molecule has 0 spiro atoms. The molecule has 1 amide bonds. The van der Waals surface area contributed by atoms with Gasteiger partial charge in [0.2, 0.25) is 0 Å². The lowest BCUT2D eigenvalue weighted by Crippen LogP contribution is -2.58. The van der Waals surface area contributed by atoms with Gasteiger partial charge in [-0.25, -0.2) is 4.79 Å². The summed E-state index contributed by atoms with van der Waals surface area (Å²) in [5.41, 5.74) is -0.477. The molecule has 0 aliphatic carbocycles. The molecule has 3 fully saturated rings. The first-order valence-electron chi connectivity index (χ1n) is 10.5. The first-order chi connectivity index (χ1) is 13.4. The Labute approximate surface area is 180 Å². The van der Waals surface area contributed by atoms with E-state index < -0.39 is 11.6 Å². The molecule has 1 N–H and O–H groups in total. The van der Waals surface area contributed by atoms with E-state index in [4.69, 9.17) is 18.9 Å². The maximum absolute atomic E-state index is 11.9. The van der Waals surface area contributed by atoms with Crippen LogP contribution in [0, 0.1) is 17.3 Å². The second-order valence-electron chi connectivity index (χ2n) is 9.66. The Kier molecular flexibility index (Phi) is 8.32. The highest BCUT2D eigenvalue weighted by molar-refractivity contribution is 8.00. The first kappa shape index (κ1) is 24.3. The summed E-state index contributed by atoms with van der Waals surface area (Å²) in [5.74, 6) is 6.55. The molecule has 7 heteroatoms. The maximum atomic E-state index is 11.9. The van der Waals surface area contributed by atoms with E-state index >= 15 is 0 Å². The van der Waals surface area contributed by atoms with Crippen LogP contribution in [0.25, 0.3) is 0 Å². The summed E-state index contributed by atoms with van der Waals surface area (Å²) in [4.78, 5) is 11.5. The van der Waals surface area contributed by atoms with Gasteiger partial charge in [0.25, 0.3) is 5.97 Å². The van der Waals surface area contributed by atoms with Gasteiger partial charge in [-0.2, -0.15) is 0 Å². The van der Waals surface area contributed by atoms with Crippen LogP contribution in [0.5, 0.6) is 0 Å². The molecule has 0 unspecified atom stereocenters. The van der Waals surface area contributed by atoms with Crippen LogP contribution in [0.1, 0.15) is 73.6 Å². The third-order valence-corrected chi connectivity index (χ3v) is 5.86. The Balaban J connectivity index is 1.54. The second-order valence-corrected chi connectivity index (χ2v) is 11.4. The van der Waals surface area contributed by atoms with Crippen molar-refractivity contribution in [2.45, 2.75) is 90.1 Å². The number of carbonyl (C=O) groups excluding carboxylic acids is 1. The van der Waals surface area contributed by atoms with Gasteiger partial charge >= 0.3 is 6.09 Å². The van der Waals surface area contributed by atoms with Gasteiger partial charge in [-0.05, 0) is 53.2 Å². The molecule has 3 aliphatic heterocycles. The summed E-state index contributed by atoms with van der Waals surface area (Å²) in [7, 11) is 0. The summed E-state index contributed by atoms with van der Waals surface area (Å²) in [5, 5.41) is 2.91. The number of nitrogens with one attached hydrogen (secondary N) is 1. The topological polar surface area (TPSA) is 66.0 Å². The monoisotopic (exact) mass is 427 g/mol. The smallest absolute Gasteiger partial charge is 0.408 e. The molecule has 3 aliphatic rings. The summed E-state index contributed by atoms with van der Waals surface area (Å²) in [6, 6.07) is 0. The van der Waals surface area contributed by atoms with Crippen molar-refractivity contribution in [3.63, 3.8) is 0 Å². The van der Waals surface area contributed by atoms with Gasteiger partial charge in [-0.1, -0.05) is 6.92 Å². The molecule has 2 bridgehead atoms. The number of rotatable bonds is 8. The normalized spacial score (nSPS) is 26.6. The molecule has 29 heavy (non-hydrogen) atoms. The van der Waals surface area contributed by atoms with Crippen LogP contribution in [-0.4, -0.2) is 48.1 Å². The fraction of sp³-hybridized carbons (Fsp3) is 0.864. The molecule has 0 aromatic carbocycles. The van der Waals surface area contributed by atoms with Gasteiger partial charge in [0, 0.05) is 24.7 Å². The Hall–Kier alpha value is -0.940. The highest BCUT2D eigenvalue weighted by atomic mass is 32.2. The molecule has 3 rings (SSSR count). The van der Waals surface area contributed by atoms with Crippen molar-refractivity contribution >= 4 is 17.9 Å². The van der Waals surface area contributed by atoms with E-state index in [1.54, 1.807) is 11.8 Å². The Bertz CT molecular complexity index is 592. The van der Waals surface area contributed by atoms with E-state index in [1.165, 1.54) is 0 Å². The SMILES string of the molecule is CC12COC(CCCC#CCCCSC(C)(C)NC(=O)OC(C)(C)C)(OC1)OC2. The number of hydrogen-bond acceptors (Lipinski definition) is 6. The highest BCUT2D eigenvalue weighted by Crippen LogP contribution is 2.40. The number of carbonyl (C=O) groups is 1. The largest absolute Gasteiger partial charge is 0.444 e. The number of alkyl carbamates (subject to hydrolysis) is 1. The van der Waals surface area contributed by atoms with Crippen LogP contribution in [-0.2, 0) is 18.9 Å². The molecular formula is C22H37NO5S. The van der Waals surface area contributed by atoms with Gasteiger partial charge in [-0.15, -0.1) is 23.6 Å². The Morgan fingerprint density at radius 2 is 1.59 bits per heavy atom. The Morgan fingerprint density at radius 3 is 2.14 bits per heavy atom. The van der Waals surface area contributed by atoms with Gasteiger partial charge in [-0.3, -0.25) is 0 Å². The van der Waals surface area contributed by atoms with Crippen molar-refractivity contribution in [2.24, 2.45) is 5.41 Å². The fourth-order valence-electron chi connectivity index (χ4n) is 2.96. The van der Waals surface area contributed by atoms with E-state index in [9.17, 15) is 4.79 Å². The third-order valence-electron chi connectivity index (χ3n) is 4.54. The predicted octanol–water partition coefficient (Wildman–Crippen LogP) is 4.67. The number of hydrogen-bond donors (Lipinski definition) is 1. The minimum atomic E-state index is -0.831. The van der Waals surface area contributed by atoms with Crippen molar-refractivity contribution < 1.29 is 23.7 Å². The van der Waals surface area contributed by atoms with Crippen LogP contribution in [0.4, 0.5) is 4.79 Å². The van der Waals surface area contributed by atoms with Crippen molar-refractivity contribution in [2.75, 3.05) is 25.6 Å². The zero-order valence-corrected chi connectivity index (χ0v) is 19.6. The molecule has 0 atom stereocenters. The molecule has 166 valence electrons. The predicted molar refractivity (Wildman–Crippen MR) is 115 cm³/mol.